The number of para-hydroxylation sites is 2. The van der Waals surface area contributed by atoms with Crippen LogP contribution in [0.3, 0.4) is 0 Å². The second kappa shape index (κ2) is 4.05. The number of hydrogen-bond donors (Lipinski definition) is 0. The Morgan fingerprint density at radius 3 is 2.83 bits per heavy atom. The summed E-state index contributed by atoms with van der Waals surface area (Å²) in [6.07, 6.45) is 1.83. The van der Waals surface area contributed by atoms with Crippen LogP contribution in [0.4, 0.5) is 0 Å². The molecule has 3 rings (SSSR count). The van der Waals surface area contributed by atoms with E-state index in [2.05, 4.69) is 16.5 Å². The molecule has 1 atom stereocenters. The van der Waals surface area contributed by atoms with Crippen molar-refractivity contribution in [3.63, 3.8) is 0 Å². The molecule has 1 unspecified atom stereocenters. The molecule has 1 aromatic carbocycles. The average Bonchev–Trinajstić information content (AvgIpc) is 2.92. The van der Waals surface area contributed by atoms with Crippen molar-refractivity contribution in [2.75, 3.05) is 19.7 Å². The van der Waals surface area contributed by atoms with E-state index in [4.69, 9.17) is 9.47 Å². The maximum atomic E-state index is 6.18. The summed E-state index contributed by atoms with van der Waals surface area (Å²) in [4.78, 5) is 6.31. The minimum Gasteiger partial charge on any atom is -0.483 e. The molecule has 0 fully saturated rings. The van der Waals surface area contributed by atoms with Crippen molar-refractivity contribution in [1.29, 1.82) is 0 Å². The summed E-state index contributed by atoms with van der Waals surface area (Å²) in [6, 6.07) is 7.71. The van der Waals surface area contributed by atoms with E-state index in [1.807, 2.05) is 37.5 Å². The van der Waals surface area contributed by atoms with Crippen LogP contribution in [-0.2, 0) is 0 Å². The van der Waals surface area contributed by atoms with Crippen LogP contribution in [-0.4, -0.2) is 36.7 Å². The fraction of sp³-hybridized carbons (Fsp3) is 0.357. The number of fused-ring (bicyclic) bond motifs is 1. The molecule has 94 valence electrons. The van der Waals surface area contributed by atoms with Crippen LogP contribution in [0, 0.1) is 0 Å². The van der Waals surface area contributed by atoms with Crippen molar-refractivity contribution < 1.29 is 9.47 Å². The second-order valence-corrected chi connectivity index (χ2v) is 4.62. The van der Waals surface area contributed by atoms with E-state index in [9.17, 15) is 0 Å². The summed E-state index contributed by atoms with van der Waals surface area (Å²) < 4.78 is 12.0. The van der Waals surface area contributed by atoms with Gasteiger partial charge in [-0.2, -0.15) is 0 Å². The molecule has 0 bridgehead atoms. The molecular formula is C14H16N2O2. The van der Waals surface area contributed by atoms with Gasteiger partial charge in [0.05, 0.1) is 12.9 Å². The molecule has 18 heavy (non-hydrogen) atoms. The Kier molecular flexibility index (Phi) is 2.51. The normalized spacial score (nSPS) is 25.3. The SMILES string of the molecule is C=C(C)C1(N2C=NCC2)COc2ccccc2O1. The zero-order valence-corrected chi connectivity index (χ0v) is 10.4. The van der Waals surface area contributed by atoms with Crippen molar-refractivity contribution >= 4 is 6.34 Å². The van der Waals surface area contributed by atoms with Gasteiger partial charge in [0.1, 0.15) is 0 Å². The fourth-order valence-corrected chi connectivity index (χ4v) is 2.29. The highest BCUT2D eigenvalue weighted by molar-refractivity contribution is 5.60. The molecule has 2 aliphatic heterocycles. The molecule has 0 aromatic heterocycles. The first kappa shape index (κ1) is 11.1. The third kappa shape index (κ3) is 1.56. The smallest absolute Gasteiger partial charge is 0.240 e. The molecule has 0 amide bonds. The number of nitrogens with zero attached hydrogens (tertiary/aromatic N) is 2. The van der Waals surface area contributed by atoms with Gasteiger partial charge in [-0.3, -0.25) is 4.99 Å². The highest BCUT2D eigenvalue weighted by atomic mass is 16.6. The predicted molar refractivity (Wildman–Crippen MR) is 70.2 cm³/mol. The summed E-state index contributed by atoms with van der Waals surface area (Å²) in [7, 11) is 0. The van der Waals surface area contributed by atoms with Crippen LogP contribution in [0.2, 0.25) is 0 Å². The molecule has 0 saturated carbocycles. The molecule has 0 saturated heterocycles. The molecule has 4 heteroatoms. The minimum atomic E-state index is -0.631. The van der Waals surface area contributed by atoms with Gasteiger partial charge in [-0.15, -0.1) is 0 Å². The van der Waals surface area contributed by atoms with Crippen molar-refractivity contribution in [1.82, 2.24) is 4.90 Å². The molecule has 0 radical (unpaired) electrons. The van der Waals surface area contributed by atoms with Crippen molar-refractivity contribution in [2.24, 2.45) is 4.99 Å². The monoisotopic (exact) mass is 244 g/mol. The summed E-state index contributed by atoms with van der Waals surface area (Å²) in [5.41, 5.74) is 0.291. The van der Waals surface area contributed by atoms with Crippen LogP contribution in [0.15, 0.2) is 41.4 Å². The van der Waals surface area contributed by atoms with E-state index in [-0.39, 0.29) is 0 Å². The van der Waals surface area contributed by atoms with Crippen LogP contribution >= 0.6 is 0 Å². The number of ether oxygens (including phenoxy) is 2. The van der Waals surface area contributed by atoms with Crippen molar-refractivity contribution in [3.8, 4) is 11.5 Å². The van der Waals surface area contributed by atoms with Crippen molar-refractivity contribution in [3.05, 3.63) is 36.4 Å². The Morgan fingerprint density at radius 1 is 1.39 bits per heavy atom. The number of aliphatic imine (C=N–C) groups is 1. The van der Waals surface area contributed by atoms with Crippen LogP contribution in [0.25, 0.3) is 0 Å². The minimum absolute atomic E-state index is 0.436. The van der Waals surface area contributed by atoms with E-state index >= 15 is 0 Å². The topological polar surface area (TPSA) is 34.1 Å². The Labute approximate surface area is 107 Å². The van der Waals surface area contributed by atoms with Gasteiger partial charge in [-0.25, -0.2) is 0 Å². The molecule has 2 heterocycles. The molecule has 1 aromatic rings. The molecular weight excluding hydrogens is 228 g/mol. The van der Waals surface area contributed by atoms with E-state index in [1.54, 1.807) is 0 Å². The third-order valence-corrected chi connectivity index (χ3v) is 3.37. The van der Waals surface area contributed by atoms with Gasteiger partial charge < -0.3 is 14.4 Å². The number of benzene rings is 1. The summed E-state index contributed by atoms with van der Waals surface area (Å²) in [6.45, 7) is 8.08. The fourth-order valence-electron chi connectivity index (χ4n) is 2.29. The van der Waals surface area contributed by atoms with Gasteiger partial charge in [-0.1, -0.05) is 18.7 Å². The summed E-state index contributed by atoms with van der Waals surface area (Å²) in [5, 5.41) is 0. The van der Waals surface area contributed by atoms with Crippen LogP contribution in [0.5, 0.6) is 11.5 Å². The van der Waals surface area contributed by atoms with E-state index in [1.165, 1.54) is 0 Å². The molecule has 0 N–H and O–H groups in total. The Bertz CT molecular complexity index is 512. The van der Waals surface area contributed by atoms with Gasteiger partial charge in [0.2, 0.25) is 5.72 Å². The maximum absolute atomic E-state index is 6.18. The summed E-state index contributed by atoms with van der Waals surface area (Å²) >= 11 is 0. The number of rotatable bonds is 2. The Hall–Kier alpha value is -1.97. The van der Waals surface area contributed by atoms with Crippen molar-refractivity contribution in [2.45, 2.75) is 12.6 Å². The summed E-state index contributed by atoms with van der Waals surface area (Å²) in [5.74, 6) is 1.54. The largest absolute Gasteiger partial charge is 0.483 e. The highest BCUT2D eigenvalue weighted by Crippen LogP contribution is 2.39. The van der Waals surface area contributed by atoms with Crippen LogP contribution in [0.1, 0.15) is 6.92 Å². The molecule has 2 aliphatic rings. The van der Waals surface area contributed by atoms with Gasteiger partial charge >= 0.3 is 0 Å². The lowest BCUT2D eigenvalue weighted by Gasteiger charge is -2.44. The first-order valence-electron chi connectivity index (χ1n) is 6.06. The Morgan fingerprint density at radius 2 is 2.17 bits per heavy atom. The first-order valence-corrected chi connectivity index (χ1v) is 6.06. The predicted octanol–water partition coefficient (Wildman–Crippen LogP) is 2.07. The van der Waals surface area contributed by atoms with E-state index < -0.39 is 5.72 Å². The Balaban J connectivity index is 1.98. The van der Waals surface area contributed by atoms with Gasteiger partial charge in [0, 0.05) is 6.54 Å². The van der Waals surface area contributed by atoms with Gasteiger partial charge in [-0.05, 0) is 24.6 Å². The molecule has 0 aliphatic carbocycles. The second-order valence-electron chi connectivity index (χ2n) is 4.62. The van der Waals surface area contributed by atoms with Crippen LogP contribution < -0.4 is 9.47 Å². The van der Waals surface area contributed by atoms with E-state index in [0.717, 1.165) is 30.2 Å². The lowest BCUT2D eigenvalue weighted by atomic mass is 10.0. The maximum Gasteiger partial charge on any atom is 0.240 e. The first-order chi connectivity index (χ1) is 8.72. The molecule has 4 nitrogen and oxygen atoms in total. The zero-order chi connectivity index (χ0) is 12.6. The van der Waals surface area contributed by atoms with Gasteiger partial charge in [0.15, 0.2) is 18.1 Å². The number of hydrogen-bond acceptors (Lipinski definition) is 4. The van der Waals surface area contributed by atoms with E-state index in [0.29, 0.717) is 6.61 Å². The standard InChI is InChI=1S/C14H16N2O2/c1-11(2)14(16-8-7-15-10-16)9-17-12-5-3-4-6-13(12)18-14/h3-6,10H,1,7-9H2,2H3. The average molecular weight is 244 g/mol. The highest BCUT2D eigenvalue weighted by Gasteiger charge is 2.44. The third-order valence-electron chi connectivity index (χ3n) is 3.37. The van der Waals surface area contributed by atoms with Gasteiger partial charge in [0.25, 0.3) is 0 Å². The lowest BCUT2D eigenvalue weighted by molar-refractivity contribution is -0.0601. The lowest BCUT2D eigenvalue weighted by Crippen LogP contribution is -2.58. The molecule has 0 spiro atoms. The quantitative estimate of drug-likeness (QED) is 0.747. The zero-order valence-electron chi connectivity index (χ0n) is 10.4.